The zero-order valence-electron chi connectivity index (χ0n) is 12.8. The van der Waals surface area contributed by atoms with Crippen molar-refractivity contribution in [3.8, 4) is 0 Å². The Kier molecular flexibility index (Phi) is 4.78. The summed E-state index contributed by atoms with van der Waals surface area (Å²) in [5.74, 6) is 0.218. The highest BCUT2D eigenvalue weighted by molar-refractivity contribution is 5.89. The summed E-state index contributed by atoms with van der Waals surface area (Å²) in [5, 5.41) is 0. The summed E-state index contributed by atoms with van der Waals surface area (Å²) < 4.78 is 5.29. The van der Waals surface area contributed by atoms with Gasteiger partial charge in [-0.15, -0.1) is 0 Å². The summed E-state index contributed by atoms with van der Waals surface area (Å²) in [5.41, 5.74) is 0. The fourth-order valence-electron chi connectivity index (χ4n) is 3.86. The Morgan fingerprint density at radius 2 is 1.71 bits per heavy atom. The van der Waals surface area contributed by atoms with Crippen LogP contribution in [0.4, 0.5) is 0 Å². The minimum Gasteiger partial charge on any atom is -0.378 e. The predicted octanol–water partition coefficient (Wildman–Crippen LogP) is 1.42. The SMILES string of the molecule is O=C(C1CC(=O)N(C2CCCCCC2)C1)N1CCOCC1. The molecule has 118 valence electrons. The number of hydrogen-bond donors (Lipinski definition) is 0. The fraction of sp³-hybridized carbons (Fsp3) is 0.875. The second kappa shape index (κ2) is 6.77. The highest BCUT2D eigenvalue weighted by Gasteiger charge is 2.39. The predicted molar refractivity (Wildman–Crippen MR) is 78.7 cm³/mol. The van der Waals surface area contributed by atoms with Gasteiger partial charge in [-0.3, -0.25) is 9.59 Å². The Morgan fingerprint density at radius 1 is 1.05 bits per heavy atom. The Bertz CT molecular complexity index is 385. The molecule has 2 heterocycles. The number of hydrogen-bond acceptors (Lipinski definition) is 3. The highest BCUT2D eigenvalue weighted by atomic mass is 16.5. The van der Waals surface area contributed by atoms with E-state index in [2.05, 4.69) is 0 Å². The first-order chi connectivity index (χ1) is 10.3. The summed E-state index contributed by atoms with van der Waals surface area (Å²) in [4.78, 5) is 28.7. The number of ether oxygens (including phenoxy) is 1. The van der Waals surface area contributed by atoms with Crippen LogP contribution in [-0.2, 0) is 14.3 Å². The molecule has 5 heteroatoms. The molecule has 3 fully saturated rings. The van der Waals surface area contributed by atoms with E-state index in [1.807, 2.05) is 9.80 Å². The number of amides is 2. The van der Waals surface area contributed by atoms with Crippen molar-refractivity contribution in [3.05, 3.63) is 0 Å². The molecule has 1 saturated carbocycles. The van der Waals surface area contributed by atoms with Gasteiger partial charge in [0.1, 0.15) is 0 Å². The van der Waals surface area contributed by atoms with Crippen molar-refractivity contribution in [3.63, 3.8) is 0 Å². The minimum atomic E-state index is -0.126. The Balaban J connectivity index is 1.59. The summed E-state index contributed by atoms with van der Waals surface area (Å²) in [7, 11) is 0. The average Bonchev–Trinajstić information content (AvgIpc) is 2.74. The first kappa shape index (κ1) is 14.8. The van der Waals surface area contributed by atoms with Crippen molar-refractivity contribution in [1.29, 1.82) is 0 Å². The monoisotopic (exact) mass is 294 g/mol. The van der Waals surface area contributed by atoms with Gasteiger partial charge in [0.05, 0.1) is 19.1 Å². The van der Waals surface area contributed by atoms with Crippen LogP contribution in [0.5, 0.6) is 0 Å². The van der Waals surface area contributed by atoms with E-state index < -0.39 is 0 Å². The third kappa shape index (κ3) is 3.39. The Morgan fingerprint density at radius 3 is 2.38 bits per heavy atom. The van der Waals surface area contributed by atoms with Crippen LogP contribution < -0.4 is 0 Å². The molecular weight excluding hydrogens is 268 g/mol. The molecule has 5 nitrogen and oxygen atoms in total. The number of likely N-dealkylation sites (tertiary alicyclic amines) is 1. The molecule has 3 aliphatic rings. The molecule has 2 aliphatic heterocycles. The van der Waals surface area contributed by atoms with Gasteiger partial charge in [-0.05, 0) is 12.8 Å². The van der Waals surface area contributed by atoms with Gasteiger partial charge >= 0.3 is 0 Å². The van der Waals surface area contributed by atoms with E-state index in [0.29, 0.717) is 45.3 Å². The average molecular weight is 294 g/mol. The summed E-state index contributed by atoms with van der Waals surface area (Å²) in [6.07, 6.45) is 7.65. The highest BCUT2D eigenvalue weighted by Crippen LogP contribution is 2.29. The molecule has 0 N–H and O–H groups in total. The largest absolute Gasteiger partial charge is 0.378 e. The van der Waals surface area contributed by atoms with Gasteiger partial charge < -0.3 is 14.5 Å². The molecule has 1 unspecified atom stereocenters. The van der Waals surface area contributed by atoms with Crippen LogP contribution in [0.2, 0.25) is 0 Å². The van der Waals surface area contributed by atoms with Crippen molar-refractivity contribution in [1.82, 2.24) is 9.80 Å². The lowest BCUT2D eigenvalue weighted by atomic mass is 10.1. The van der Waals surface area contributed by atoms with Gasteiger partial charge in [-0.1, -0.05) is 25.7 Å². The van der Waals surface area contributed by atoms with Crippen LogP contribution in [-0.4, -0.2) is 60.5 Å². The van der Waals surface area contributed by atoms with E-state index in [1.165, 1.54) is 25.7 Å². The van der Waals surface area contributed by atoms with Gasteiger partial charge in [0, 0.05) is 32.1 Å². The standard InChI is InChI=1S/C16H26N2O3/c19-15-11-13(16(20)17-7-9-21-10-8-17)12-18(15)14-5-3-1-2-4-6-14/h13-14H,1-12H2. The zero-order chi connectivity index (χ0) is 14.7. The maximum atomic E-state index is 12.5. The van der Waals surface area contributed by atoms with E-state index in [4.69, 9.17) is 4.74 Å². The molecule has 0 radical (unpaired) electrons. The third-order valence-corrected chi connectivity index (χ3v) is 5.10. The summed E-state index contributed by atoms with van der Waals surface area (Å²) in [6, 6.07) is 0.377. The van der Waals surface area contributed by atoms with E-state index in [1.54, 1.807) is 0 Å². The maximum Gasteiger partial charge on any atom is 0.228 e. The number of carbonyl (C=O) groups is 2. The van der Waals surface area contributed by atoms with Crippen molar-refractivity contribution in [2.24, 2.45) is 5.92 Å². The maximum absolute atomic E-state index is 12.5. The third-order valence-electron chi connectivity index (χ3n) is 5.10. The van der Waals surface area contributed by atoms with E-state index in [9.17, 15) is 9.59 Å². The van der Waals surface area contributed by atoms with Crippen molar-refractivity contribution >= 4 is 11.8 Å². The van der Waals surface area contributed by atoms with E-state index in [-0.39, 0.29) is 17.7 Å². The molecule has 0 bridgehead atoms. The minimum absolute atomic E-state index is 0.126. The van der Waals surface area contributed by atoms with Crippen LogP contribution in [0.1, 0.15) is 44.9 Å². The second-order valence-corrected chi connectivity index (χ2v) is 6.53. The first-order valence-corrected chi connectivity index (χ1v) is 8.41. The van der Waals surface area contributed by atoms with Crippen LogP contribution in [0, 0.1) is 5.92 Å². The fourth-order valence-corrected chi connectivity index (χ4v) is 3.86. The van der Waals surface area contributed by atoms with Gasteiger partial charge in [0.2, 0.25) is 11.8 Å². The molecule has 1 atom stereocenters. The van der Waals surface area contributed by atoms with Gasteiger partial charge in [0.15, 0.2) is 0 Å². The molecular formula is C16H26N2O3. The Hall–Kier alpha value is -1.10. The van der Waals surface area contributed by atoms with E-state index >= 15 is 0 Å². The van der Waals surface area contributed by atoms with Crippen LogP contribution >= 0.6 is 0 Å². The molecule has 0 aromatic carbocycles. The topological polar surface area (TPSA) is 49.9 Å². The second-order valence-electron chi connectivity index (χ2n) is 6.53. The van der Waals surface area contributed by atoms with Crippen molar-refractivity contribution in [2.75, 3.05) is 32.8 Å². The molecule has 2 saturated heterocycles. The zero-order valence-corrected chi connectivity index (χ0v) is 12.8. The normalized spacial score (nSPS) is 28.8. The molecule has 0 aromatic heterocycles. The number of morpholine rings is 1. The molecule has 3 rings (SSSR count). The van der Waals surface area contributed by atoms with Crippen molar-refractivity contribution in [2.45, 2.75) is 51.0 Å². The first-order valence-electron chi connectivity index (χ1n) is 8.41. The molecule has 0 aromatic rings. The van der Waals surface area contributed by atoms with Crippen LogP contribution in [0.15, 0.2) is 0 Å². The van der Waals surface area contributed by atoms with Crippen LogP contribution in [0.25, 0.3) is 0 Å². The molecule has 2 amide bonds. The number of carbonyl (C=O) groups excluding carboxylic acids is 2. The van der Waals surface area contributed by atoms with Gasteiger partial charge in [0.25, 0.3) is 0 Å². The van der Waals surface area contributed by atoms with Crippen molar-refractivity contribution < 1.29 is 14.3 Å². The lowest BCUT2D eigenvalue weighted by molar-refractivity contribution is -0.139. The smallest absolute Gasteiger partial charge is 0.228 e. The number of nitrogens with zero attached hydrogens (tertiary/aromatic N) is 2. The van der Waals surface area contributed by atoms with Gasteiger partial charge in [-0.2, -0.15) is 0 Å². The molecule has 0 spiro atoms. The Labute approximate surface area is 126 Å². The van der Waals surface area contributed by atoms with Crippen LogP contribution in [0.3, 0.4) is 0 Å². The summed E-state index contributed by atoms with van der Waals surface area (Å²) in [6.45, 7) is 3.23. The summed E-state index contributed by atoms with van der Waals surface area (Å²) >= 11 is 0. The lowest BCUT2D eigenvalue weighted by Gasteiger charge is -2.30. The quantitative estimate of drug-likeness (QED) is 0.724. The molecule has 21 heavy (non-hydrogen) atoms. The lowest BCUT2D eigenvalue weighted by Crippen LogP contribution is -2.44. The van der Waals surface area contributed by atoms with Gasteiger partial charge in [-0.25, -0.2) is 0 Å². The van der Waals surface area contributed by atoms with E-state index in [0.717, 1.165) is 12.8 Å². The number of rotatable bonds is 2. The molecule has 1 aliphatic carbocycles.